The molecule has 0 aromatic heterocycles. The molecule has 1 unspecified atom stereocenters. The van der Waals surface area contributed by atoms with E-state index < -0.39 is 17.7 Å². The molecule has 27 heavy (non-hydrogen) atoms. The predicted octanol–water partition coefficient (Wildman–Crippen LogP) is 4.51. The first-order valence-corrected chi connectivity index (χ1v) is 10.1. The van der Waals surface area contributed by atoms with Crippen molar-refractivity contribution < 1.29 is 23.0 Å². The van der Waals surface area contributed by atoms with Gasteiger partial charge in [-0.1, -0.05) is 0 Å². The molecule has 152 valence electrons. The fourth-order valence-electron chi connectivity index (χ4n) is 3.24. The van der Waals surface area contributed by atoms with Crippen LogP contribution in [-0.2, 0) is 5.60 Å². The number of methoxy groups -OCH3 is 1. The first-order chi connectivity index (χ1) is 12.6. The van der Waals surface area contributed by atoms with Crippen LogP contribution in [0.1, 0.15) is 30.9 Å². The lowest BCUT2D eigenvalue weighted by Crippen LogP contribution is -2.49. The molecule has 1 saturated heterocycles. The normalized spacial score (nSPS) is 18.5. The number of aryl methyl sites for hydroxylation is 1. The first-order valence-electron chi connectivity index (χ1n) is 8.95. The Morgan fingerprint density at radius 3 is 2.48 bits per heavy atom. The molecule has 0 aliphatic carbocycles. The van der Waals surface area contributed by atoms with Crippen LogP contribution in [0.5, 0.6) is 5.75 Å². The second-order valence-electron chi connectivity index (χ2n) is 6.81. The third-order valence-corrected chi connectivity index (χ3v) is 6.11. The van der Waals surface area contributed by atoms with Crippen molar-refractivity contribution in [3.05, 3.63) is 23.3 Å². The van der Waals surface area contributed by atoms with Gasteiger partial charge in [0.25, 0.3) is 0 Å². The van der Waals surface area contributed by atoms with Crippen molar-refractivity contribution >= 4 is 23.8 Å². The standard InChI is InChI=1S/C19H27F3N2O2S/c1-5-24(3)12-23-16-11-17(26-4)15(10-13(16)2)18(25,19(20,21)22)14-6-8-27-9-7-14/h10-12,14,25H,5-9H2,1-4H3/b23-12+. The van der Waals surface area contributed by atoms with Crippen LogP contribution in [0.4, 0.5) is 18.9 Å². The molecule has 4 nitrogen and oxygen atoms in total. The summed E-state index contributed by atoms with van der Waals surface area (Å²) in [5.41, 5.74) is -2.10. The number of nitrogens with zero attached hydrogens (tertiary/aromatic N) is 2. The molecule has 0 bridgehead atoms. The average molecular weight is 404 g/mol. The molecule has 1 aromatic carbocycles. The van der Waals surface area contributed by atoms with Crippen LogP contribution in [0.15, 0.2) is 17.1 Å². The predicted molar refractivity (Wildman–Crippen MR) is 104 cm³/mol. The number of rotatable bonds is 6. The highest BCUT2D eigenvalue weighted by molar-refractivity contribution is 7.99. The number of aliphatic imine (C=N–C) groups is 1. The van der Waals surface area contributed by atoms with Crippen molar-refractivity contribution in [2.45, 2.75) is 38.5 Å². The summed E-state index contributed by atoms with van der Waals surface area (Å²) in [5, 5.41) is 11.0. The maximum Gasteiger partial charge on any atom is 0.421 e. The van der Waals surface area contributed by atoms with Crippen LogP contribution >= 0.6 is 11.8 Å². The van der Waals surface area contributed by atoms with E-state index in [1.165, 1.54) is 19.2 Å². The van der Waals surface area contributed by atoms with Gasteiger partial charge in [-0.3, -0.25) is 0 Å². The maximum absolute atomic E-state index is 14.1. The van der Waals surface area contributed by atoms with Crippen LogP contribution in [0.2, 0.25) is 0 Å². The summed E-state index contributed by atoms with van der Waals surface area (Å²) in [6.07, 6.45) is -2.56. The highest BCUT2D eigenvalue weighted by Crippen LogP contribution is 2.52. The van der Waals surface area contributed by atoms with Crippen molar-refractivity contribution in [3.8, 4) is 5.75 Å². The van der Waals surface area contributed by atoms with Crippen LogP contribution in [-0.4, -0.2) is 54.7 Å². The molecule has 1 aliphatic heterocycles. The van der Waals surface area contributed by atoms with Gasteiger partial charge in [0.2, 0.25) is 0 Å². The lowest BCUT2D eigenvalue weighted by molar-refractivity contribution is -0.288. The first kappa shape index (κ1) is 21.9. The Kier molecular flexibility index (Phi) is 7.08. The smallest absolute Gasteiger partial charge is 0.421 e. The molecular formula is C19H27F3N2O2S. The average Bonchev–Trinajstić information content (AvgIpc) is 2.65. The summed E-state index contributed by atoms with van der Waals surface area (Å²) in [6, 6.07) is 2.84. The summed E-state index contributed by atoms with van der Waals surface area (Å²) in [7, 11) is 3.17. The highest BCUT2D eigenvalue weighted by Gasteiger charge is 2.60. The molecule has 1 aromatic rings. The second kappa shape index (κ2) is 8.73. The van der Waals surface area contributed by atoms with E-state index in [0.29, 0.717) is 35.6 Å². The van der Waals surface area contributed by atoms with Crippen LogP contribution in [0.3, 0.4) is 0 Å². The van der Waals surface area contributed by atoms with Crippen molar-refractivity contribution in [3.63, 3.8) is 0 Å². The molecule has 0 radical (unpaired) electrons. The minimum absolute atomic E-state index is 0.00459. The SMILES string of the molecule is CCN(C)/C=N/c1cc(OC)c(C(O)(C2CCSCC2)C(F)(F)F)cc1C. The van der Waals surface area contributed by atoms with Gasteiger partial charge in [-0.2, -0.15) is 24.9 Å². The number of benzene rings is 1. The Morgan fingerprint density at radius 1 is 1.33 bits per heavy atom. The second-order valence-corrected chi connectivity index (χ2v) is 8.03. The zero-order valence-electron chi connectivity index (χ0n) is 16.1. The summed E-state index contributed by atoms with van der Waals surface area (Å²) in [6.45, 7) is 4.41. The Balaban J connectivity index is 2.56. The van der Waals surface area contributed by atoms with Gasteiger partial charge >= 0.3 is 6.18 Å². The van der Waals surface area contributed by atoms with Crippen LogP contribution < -0.4 is 4.74 Å². The van der Waals surface area contributed by atoms with Gasteiger partial charge in [0.05, 0.1) is 19.1 Å². The zero-order chi connectivity index (χ0) is 20.2. The summed E-state index contributed by atoms with van der Waals surface area (Å²) in [5.74, 6) is 0.323. The summed E-state index contributed by atoms with van der Waals surface area (Å²) in [4.78, 5) is 6.19. The van der Waals surface area contributed by atoms with Crippen LogP contribution in [0, 0.1) is 12.8 Å². The van der Waals surface area contributed by atoms with Gasteiger partial charge in [-0.25, -0.2) is 4.99 Å². The van der Waals surface area contributed by atoms with Crippen LogP contribution in [0.25, 0.3) is 0 Å². The third kappa shape index (κ3) is 4.54. The number of halogens is 3. The molecule has 1 atom stereocenters. The molecule has 2 rings (SSSR count). The highest BCUT2D eigenvalue weighted by atomic mass is 32.2. The molecule has 0 saturated carbocycles. The number of aliphatic hydroxyl groups is 1. The van der Waals surface area contributed by atoms with E-state index in [4.69, 9.17) is 4.74 Å². The monoisotopic (exact) mass is 404 g/mol. The lowest BCUT2D eigenvalue weighted by Gasteiger charge is -2.40. The van der Waals surface area contributed by atoms with Gasteiger partial charge in [-0.15, -0.1) is 0 Å². The molecule has 1 N–H and O–H groups in total. The number of alkyl halides is 3. The lowest BCUT2D eigenvalue weighted by atomic mass is 9.76. The van der Waals surface area contributed by atoms with Crippen molar-refractivity contribution in [1.82, 2.24) is 4.90 Å². The molecule has 8 heteroatoms. The van der Waals surface area contributed by atoms with Crippen molar-refractivity contribution in [2.75, 3.05) is 32.2 Å². The third-order valence-electron chi connectivity index (χ3n) is 5.07. The number of thioether (sulfide) groups is 1. The minimum atomic E-state index is -4.80. The number of ether oxygens (including phenoxy) is 1. The maximum atomic E-state index is 14.1. The Morgan fingerprint density at radius 2 is 1.96 bits per heavy atom. The minimum Gasteiger partial charge on any atom is -0.496 e. The largest absolute Gasteiger partial charge is 0.496 e. The van der Waals surface area contributed by atoms with E-state index in [2.05, 4.69) is 4.99 Å². The Hall–Kier alpha value is -1.41. The summed E-state index contributed by atoms with van der Waals surface area (Å²) >= 11 is 1.61. The van der Waals surface area contributed by atoms with Gasteiger partial charge in [0.1, 0.15) is 5.75 Å². The van der Waals surface area contributed by atoms with Gasteiger partial charge in [0.15, 0.2) is 5.60 Å². The quantitative estimate of drug-likeness (QED) is 0.560. The molecule has 1 aliphatic rings. The topological polar surface area (TPSA) is 45.1 Å². The Bertz CT molecular complexity index is 676. The number of hydrogen-bond donors (Lipinski definition) is 1. The van der Waals surface area contributed by atoms with Crippen molar-refractivity contribution in [2.24, 2.45) is 10.9 Å². The van der Waals surface area contributed by atoms with Gasteiger partial charge in [-0.05, 0) is 49.8 Å². The van der Waals surface area contributed by atoms with E-state index >= 15 is 0 Å². The molecule has 1 heterocycles. The molecule has 1 fully saturated rings. The van der Waals surface area contributed by atoms with E-state index in [1.54, 1.807) is 25.0 Å². The summed E-state index contributed by atoms with van der Waals surface area (Å²) < 4.78 is 47.5. The molecule has 0 amide bonds. The fraction of sp³-hybridized carbons (Fsp3) is 0.632. The Labute approximate surface area is 162 Å². The molecular weight excluding hydrogens is 377 g/mol. The fourth-order valence-corrected chi connectivity index (χ4v) is 4.35. The van der Waals surface area contributed by atoms with E-state index in [1.807, 2.05) is 18.9 Å². The number of hydrogen-bond acceptors (Lipinski definition) is 4. The van der Waals surface area contributed by atoms with E-state index in [0.717, 1.165) is 6.54 Å². The van der Waals surface area contributed by atoms with Gasteiger partial charge < -0.3 is 14.7 Å². The van der Waals surface area contributed by atoms with Crippen molar-refractivity contribution in [1.29, 1.82) is 0 Å². The van der Waals surface area contributed by atoms with E-state index in [9.17, 15) is 18.3 Å². The molecule has 0 spiro atoms. The van der Waals surface area contributed by atoms with Gasteiger partial charge in [0, 0.05) is 31.1 Å². The zero-order valence-corrected chi connectivity index (χ0v) is 17.0. The van der Waals surface area contributed by atoms with E-state index in [-0.39, 0.29) is 11.3 Å².